The van der Waals surface area contributed by atoms with E-state index in [1.54, 1.807) is 13.8 Å². The first-order valence-electron chi connectivity index (χ1n) is 22.9. The van der Waals surface area contributed by atoms with Gasteiger partial charge in [0.25, 0.3) is 5.91 Å². The zero-order chi connectivity index (χ0) is 46.9. The Labute approximate surface area is 370 Å². The Balaban J connectivity index is 1.15. The van der Waals surface area contributed by atoms with E-state index in [-0.39, 0.29) is 64.2 Å². The van der Waals surface area contributed by atoms with Crippen molar-refractivity contribution in [2.24, 2.45) is 62.1 Å². The summed E-state index contributed by atoms with van der Waals surface area (Å²) in [5.74, 6) is -0.186. The van der Waals surface area contributed by atoms with Gasteiger partial charge in [0.15, 0.2) is 5.78 Å². The molecule has 5 saturated carbocycles. The molecule has 0 aliphatic heterocycles. The van der Waals surface area contributed by atoms with E-state index in [0.717, 1.165) is 73.9 Å². The molecule has 6 aliphatic rings. The number of alkyl halides is 3. The van der Waals surface area contributed by atoms with Crippen molar-refractivity contribution in [2.45, 2.75) is 164 Å². The average Bonchev–Trinajstić information content (AvgIpc) is 3.48. The third kappa shape index (κ3) is 6.56. The van der Waals surface area contributed by atoms with Gasteiger partial charge < -0.3 is 20.5 Å². The van der Waals surface area contributed by atoms with Crippen LogP contribution in [0.4, 0.5) is 13.2 Å². The highest BCUT2D eigenvalue weighted by Gasteiger charge is 2.74. The van der Waals surface area contributed by atoms with Crippen molar-refractivity contribution in [3.63, 3.8) is 0 Å². The van der Waals surface area contributed by atoms with E-state index >= 15 is 0 Å². The van der Waals surface area contributed by atoms with Gasteiger partial charge in [-0.2, -0.15) is 13.2 Å². The first kappa shape index (κ1) is 46.8. The molecule has 7 rings (SSSR count). The van der Waals surface area contributed by atoms with Gasteiger partial charge >= 0.3 is 18.1 Å². The number of hydrogen-bond donors (Lipinski definition) is 3. The molecule has 9 nitrogen and oxygen atoms in total. The largest absolute Gasteiger partial charge is 0.481 e. The van der Waals surface area contributed by atoms with Crippen LogP contribution < -0.4 is 10.6 Å². The summed E-state index contributed by atoms with van der Waals surface area (Å²) >= 11 is 0. The fraction of sp³-hybridized carbons (Fsp3) is 0.706. The number of benzene rings is 1. The van der Waals surface area contributed by atoms with Crippen LogP contribution in [0.2, 0.25) is 0 Å². The fourth-order valence-corrected chi connectivity index (χ4v) is 14.6. The minimum atomic E-state index is -4.55. The van der Waals surface area contributed by atoms with Gasteiger partial charge in [-0.3, -0.25) is 24.0 Å². The van der Waals surface area contributed by atoms with Gasteiger partial charge in [0.05, 0.1) is 28.4 Å². The van der Waals surface area contributed by atoms with E-state index in [4.69, 9.17) is 11.2 Å². The van der Waals surface area contributed by atoms with Crippen molar-refractivity contribution >= 4 is 29.5 Å². The highest BCUT2D eigenvalue weighted by molar-refractivity contribution is 6.03. The molecule has 6 aliphatic carbocycles. The Bertz CT molecular complexity index is 2200. The number of aliphatic carboxylic acids is 1. The molecule has 2 amide bonds. The molecule has 0 radical (unpaired) electrons. The number of halogens is 3. The second-order valence-corrected chi connectivity index (χ2v) is 22.9. The number of nitrogens with one attached hydrogen (secondary N) is 2. The third-order valence-corrected chi connectivity index (χ3v) is 19.3. The molecule has 0 aromatic heterocycles. The summed E-state index contributed by atoms with van der Waals surface area (Å²) < 4.78 is 46.0. The van der Waals surface area contributed by atoms with Crippen LogP contribution in [0.3, 0.4) is 0 Å². The van der Waals surface area contributed by atoms with Crippen molar-refractivity contribution in [1.29, 1.82) is 0 Å². The lowest BCUT2D eigenvalue weighted by atomic mass is 9.30. The van der Waals surface area contributed by atoms with Gasteiger partial charge in [0.2, 0.25) is 5.91 Å². The first-order valence-corrected chi connectivity index (χ1v) is 22.9. The third-order valence-electron chi connectivity index (χ3n) is 19.3. The summed E-state index contributed by atoms with van der Waals surface area (Å²) in [7, 11) is 0. The van der Waals surface area contributed by atoms with Crippen LogP contribution in [-0.4, -0.2) is 51.8 Å². The molecule has 0 heterocycles. The predicted molar refractivity (Wildman–Crippen MR) is 232 cm³/mol. The molecule has 63 heavy (non-hydrogen) atoms. The molecule has 344 valence electrons. The number of ether oxygens (including phenoxy) is 1. The Hall–Kier alpha value is -4.14. The number of hydrogen-bond acceptors (Lipinski definition) is 6. The van der Waals surface area contributed by atoms with Gasteiger partial charge in [-0.05, 0) is 159 Å². The number of carboxylic acid groups (broad SMARTS) is 1. The number of carboxylic acids is 1. The number of Topliss-reactive ketones (excluding diaryl/α,β-unsaturated/α-hetero) is 1. The number of carbonyl (C=O) groups is 5. The van der Waals surface area contributed by atoms with Crippen LogP contribution >= 0.6 is 0 Å². The molecule has 0 saturated heterocycles. The van der Waals surface area contributed by atoms with Crippen LogP contribution in [0.5, 0.6) is 0 Å². The number of rotatable bonds is 8. The number of amides is 2. The van der Waals surface area contributed by atoms with E-state index in [9.17, 15) is 42.3 Å². The Kier molecular flexibility index (Phi) is 10.9. The maximum Gasteiger partial charge on any atom is 0.416 e. The molecule has 11 atom stereocenters. The molecule has 1 aromatic carbocycles. The molecule has 5 fully saturated rings. The van der Waals surface area contributed by atoms with Crippen molar-refractivity contribution < 1.29 is 47.0 Å². The highest BCUT2D eigenvalue weighted by atomic mass is 19.4. The summed E-state index contributed by atoms with van der Waals surface area (Å²) in [5.41, 5.74) is -4.11. The number of allylic oxidation sites excluding steroid dienone is 1. The molecule has 3 N–H and O–H groups in total. The van der Waals surface area contributed by atoms with Crippen molar-refractivity contribution in [3.05, 3.63) is 46.5 Å². The van der Waals surface area contributed by atoms with E-state index < -0.39 is 74.8 Å². The smallest absolute Gasteiger partial charge is 0.416 e. The minimum Gasteiger partial charge on any atom is -0.481 e. The van der Waals surface area contributed by atoms with Crippen LogP contribution in [0.15, 0.2) is 35.4 Å². The summed E-state index contributed by atoms with van der Waals surface area (Å²) in [6, 6.07) is 3.86. The van der Waals surface area contributed by atoms with Crippen LogP contribution in [0.25, 0.3) is 0 Å². The maximum atomic E-state index is 14.4. The minimum absolute atomic E-state index is 0.00812. The molecular formula is C51H67F3N2O7. The standard InChI is InChI=1S/C51H67F3N2O7/c1-13-45(8)36(63-41(61)33-26-32(40(59)60)43(33,4)5)20-21-48(11)35-19-18-31-38-37(28(2)3)34(57)27-50(38,25-23-46(31,9)47(35,10)22-24-49(45,48)12)56-42(62)44(6,7)55-39(58)29-14-16-30(17-15-29)51(52,53)54/h1,14-17,28,31-33,35-36H,18-27H2,2-12H3,(H,55,58)(H,56,62)(H,59,60)/t31?,32?,33-,35+,36?,45-,46-,47?,48-,49+,50?/m1/s1. The Morgan fingerprint density at radius 1 is 0.857 bits per heavy atom. The molecule has 12 heteroatoms. The SMILES string of the molecule is C#C[C@]1(C)C(OC(=O)[C@H]2CC(C(=O)O)C2(C)C)CC[C@]2(C)[C@H]3CCC4C5=C(C(C)C)C(=O)CC5(NC(=O)C(C)(C)NC(=O)c5ccc(C(F)(F)F)cc5)CC[C@@]4(C)C3(C)CC[C@@]12C. The van der Waals surface area contributed by atoms with E-state index in [0.29, 0.717) is 12.8 Å². The summed E-state index contributed by atoms with van der Waals surface area (Å²) in [6.45, 7) is 22.4. The number of esters is 1. The number of carbonyl (C=O) groups excluding carboxylic acids is 4. The lowest BCUT2D eigenvalue weighted by Gasteiger charge is -2.75. The second kappa shape index (κ2) is 14.7. The molecule has 5 unspecified atom stereocenters. The Morgan fingerprint density at radius 3 is 2.03 bits per heavy atom. The zero-order valence-electron chi connectivity index (χ0n) is 39.0. The lowest BCUT2D eigenvalue weighted by Crippen LogP contribution is -2.71. The molecular weight excluding hydrogens is 810 g/mol. The number of terminal acetylenes is 1. The monoisotopic (exact) mass is 876 g/mol. The summed E-state index contributed by atoms with van der Waals surface area (Å²) in [4.78, 5) is 67.6. The van der Waals surface area contributed by atoms with Crippen molar-refractivity contribution in [3.8, 4) is 12.3 Å². The van der Waals surface area contributed by atoms with E-state index in [1.165, 1.54) is 0 Å². The van der Waals surface area contributed by atoms with Gasteiger partial charge in [-0.15, -0.1) is 6.42 Å². The average molecular weight is 877 g/mol. The van der Waals surface area contributed by atoms with E-state index in [2.05, 4.69) is 51.2 Å². The Morgan fingerprint density at radius 2 is 1.48 bits per heavy atom. The van der Waals surface area contributed by atoms with Gasteiger partial charge in [0, 0.05) is 12.0 Å². The lowest BCUT2D eigenvalue weighted by molar-refractivity contribution is -0.263. The van der Waals surface area contributed by atoms with E-state index in [1.807, 2.05) is 27.7 Å². The number of fused-ring (bicyclic) bond motifs is 7. The highest BCUT2D eigenvalue weighted by Crippen LogP contribution is 2.79. The van der Waals surface area contributed by atoms with Crippen molar-refractivity contribution in [1.82, 2.24) is 10.6 Å². The predicted octanol–water partition coefficient (Wildman–Crippen LogP) is 9.73. The van der Waals surface area contributed by atoms with Crippen LogP contribution in [0.1, 0.15) is 156 Å². The van der Waals surface area contributed by atoms with Crippen LogP contribution in [0, 0.1) is 74.4 Å². The normalized spacial score (nSPS) is 39.4. The number of ketones is 1. The zero-order valence-corrected chi connectivity index (χ0v) is 39.0. The summed E-state index contributed by atoms with van der Waals surface area (Å²) in [5, 5.41) is 15.8. The molecule has 0 spiro atoms. The maximum absolute atomic E-state index is 14.4. The topological polar surface area (TPSA) is 139 Å². The van der Waals surface area contributed by atoms with Gasteiger partial charge in [-0.25, -0.2) is 0 Å². The molecule has 0 bridgehead atoms. The van der Waals surface area contributed by atoms with Crippen molar-refractivity contribution in [2.75, 3.05) is 0 Å². The molecule has 1 aromatic rings. The summed E-state index contributed by atoms with van der Waals surface area (Å²) in [6.07, 6.45) is 7.88. The van der Waals surface area contributed by atoms with Crippen LogP contribution in [-0.2, 0) is 30.1 Å². The second-order valence-electron chi connectivity index (χ2n) is 22.9. The first-order chi connectivity index (χ1) is 28.9. The van der Waals surface area contributed by atoms with Gasteiger partial charge in [-0.1, -0.05) is 61.3 Å². The quantitative estimate of drug-likeness (QED) is 0.175. The fourth-order valence-electron chi connectivity index (χ4n) is 14.6. The van der Waals surface area contributed by atoms with Gasteiger partial charge in [0.1, 0.15) is 11.6 Å².